The van der Waals surface area contributed by atoms with Crippen LogP contribution >= 0.6 is 0 Å². The van der Waals surface area contributed by atoms with Crippen LogP contribution in [0.1, 0.15) is 44.9 Å². The monoisotopic (exact) mass is 240 g/mol. The zero-order chi connectivity index (χ0) is 12.3. The van der Waals surface area contributed by atoms with Gasteiger partial charge in [0.05, 0.1) is 6.04 Å². The summed E-state index contributed by atoms with van der Waals surface area (Å²) in [4.78, 5) is 0. The molecule has 1 rings (SSSR count). The Balaban J connectivity index is 2.73. The molecule has 0 aromatic heterocycles. The molecular formula is C13H22NOS+. The van der Waals surface area contributed by atoms with Crippen LogP contribution in [0.3, 0.4) is 0 Å². The fraction of sp³-hybridized carbons (Fsp3) is 0.538. The van der Waals surface area contributed by atoms with Crippen LogP contribution in [0.2, 0.25) is 0 Å². The van der Waals surface area contributed by atoms with Gasteiger partial charge in [-0.15, -0.1) is 4.72 Å². The van der Waals surface area contributed by atoms with E-state index in [1.807, 2.05) is 33.8 Å². The molecule has 2 nitrogen and oxygen atoms in total. The van der Waals surface area contributed by atoms with Crippen LogP contribution in [-0.2, 0) is 15.2 Å². The van der Waals surface area contributed by atoms with E-state index in [0.29, 0.717) is 0 Å². The van der Waals surface area contributed by atoms with Gasteiger partial charge in [0.25, 0.3) is 0 Å². The first kappa shape index (κ1) is 13.4. The first-order valence-corrected chi connectivity index (χ1v) is 6.87. The Morgan fingerprint density at radius 1 is 1.31 bits per heavy atom. The predicted octanol–water partition coefficient (Wildman–Crippen LogP) is 3.06. The molecule has 0 fully saturated rings. The smallest absolute Gasteiger partial charge is 0.132 e. The van der Waals surface area contributed by atoms with Crippen LogP contribution < -0.4 is 4.72 Å². The van der Waals surface area contributed by atoms with E-state index < -0.39 is 11.0 Å². The van der Waals surface area contributed by atoms with E-state index in [2.05, 4.69) is 29.8 Å². The molecule has 0 saturated heterocycles. The molecule has 2 atom stereocenters. The van der Waals surface area contributed by atoms with E-state index in [-0.39, 0.29) is 10.8 Å². The third kappa shape index (κ3) is 3.72. The van der Waals surface area contributed by atoms with Crippen molar-refractivity contribution in [1.29, 1.82) is 0 Å². The van der Waals surface area contributed by atoms with Gasteiger partial charge in [0.2, 0.25) is 0 Å². The highest BCUT2D eigenvalue weighted by atomic mass is 32.2. The normalized spacial score (nSPS) is 15.8. The standard InChI is InChI=1S/C13H21NOS/c1-10-7-6-8-12(9-10)11(2)14-16(15)13(3,4)5/h6-9,11H,1-5H3,(H,14,15)/p+1/t11-,16?/m1/s1. The van der Waals surface area contributed by atoms with Crippen molar-refractivity contribution >= 4 is 11.0 Å². The molecule has 0 radical (unpaired) electrons. The molecule has 0 heterocycles. The molecule has 0 aliphatic rings. The van der Waals surface area contributed by atoms with E-state index in [4.69, 9.17) is 0 Å². The van der Waals surface area contributed by atoms with Gasteiger partial charge in [-0.3, -0.25) is 0 Å². The summed E-state index contributed by atoms with van der Waals surface area (Å²) < 4.78 is 15.0. The lowest BCUT2D eigenvalue weighted by molar-refractivity contribution is 0.556. The zero-order valence-electron chi connectivity index (χ0n) is 10.7. The summed E-state index contributed by atoms with van der Waals surface area (Å²) >= 11 is 0. The van der Waals surface area contributed by atoms with E-state index in [1.165, 1.54) is 11.1 Å². The summed E-state index contributed by atoms with van der Waals surface area (Å²) in [5, 5.41) is 0. The minimum Gasteiger partial charge on any atom is -0.132 e. The second-order valence-corrected chi connectivity index (χ2v) is 7.42. The lowest BCUT2D eigenvalue weighted by Crippen LogP contribution is -2.34. The third-order valence-electron chi connectivity index (χ3n) is 2.46. The van der Waals surface area contributed by atoms with Gasteiger partial charge in [-0.25, -0.2) is 0 Å². The van der Waals surface area contributed by atoms with Crippen molar-refractivity contribution in [2.24, 2.45) is 0 Å². The van der Waals surface area contributed by atoms with Gasteiger partial charge >= 0.3 is 0 Å². The Kier molecular flexibility index (Phi) is 4.28. The average Bonchev–Trinajstić information content (AvgIpc) is 2.16. The molecule has 16 heavy (non-hydrogen) atoms. The Morgan fingerprint density at radius 3 is 2.44 bits per heavy atom. The summed E-state index contributed by atoms with van der Waals surface area (Å²) in [6.07, 6.45) is 0. The number of nitrogens with one attached hydrogen (secondary N) is 1. The summed E-state index contributed by atoms with van der Waals surface area (Å²) in [6, 6.07) is 8.43. The van der Waals surface area contributed by atoms with Crippen LogP contribution in [0.25, 0.3) is 0 Å². The molecule has 0 spiro atoms. The molecule has 0 bridgehead atoms. The third-order valence-corrected chi connectivity index (χ3v) is 4.30. The SMILES string of the molecule is Cc1cccc([C@@H](C)N[SH+](=O)C(C)(C)C)c1. The summed E-state index contributed by atoms with van der Waals surface area (Å²) in [6.45, 7) is 10.1. The minimum absolute atomic E-state index is 0.128. The number of hydrogen-bond donors (Lipinski definition) is 1. The van der Waals surface area contributed by atoms with Crippen LogP contribution in [0.5, 0.6) is 0 Å². The molecule has 1 N–H and O–H groups in total. The molecule has 1 aromatic carbocycles. The van der Waals surface area contributed by atoms with Crippen LogP contribution in [-0.4, -0.2) is 4.75 Å². The maximum Gasteiger partial charge on any atom is 0.147 e. The highest BCUT2D eigenvalue weighted by Gasteiger charge is 2.27. The lowest BCUT2D eigenvalue weighted by Gasteiger charge is -2.16. The van der Waals surface area contributed by atoms with Gasteiger partial charge in [-0.2, -0.15) is 0 Å². The Morgan fingerprint density at radius 2 is 1.94 bits per heavy atom. The summed E-state index contributed by atoms with van der Waals surface area (Å²) in [5.74, 6) is 0. The van der Waals surface area contributed by atoms with Gasteiger partial charge in [0, 0.05) is 0 Å². The van der Waals surface area contributed by atoms with E-state index in [9.17, 15) is 4.21 Å². The fourth-order valence-electron chi connectivity index (χ4n) is 1.38. The van der Waals surface area contributed by atoms with Crippen molar-refractivity contribution < 1.29 is 4.21 Å². The second kappa shape index (κ2) is 5.11. The van der Waals surface area contributed by atoms with Crippen molar-refractivity contribution in [3.05, 3.63) is 35.4 Å². The summed E-state index contributed by atoms with van der Waals surface area (Å²) in [5.41, 5.74) is 2.42. The molecule has 0 aliphatic heterocycles. The number of aryl methyl sites for hydroxylation is 1. The molecule has 0 amide bonds. The summed E-state index contributed by atoms with van der Waals surface area (Å²) in [7, 11) is -1.39. The van der Waals surface area contributed by atoms with Gasteiger partial charge in [-0.05, 0) is 40.2 Å². The molecule has 1 aromatic rings. The lowest BCUT2D eigenvalue weighted by atomic mass is 10.1. The van der Waals surface area contributed by atoms with Gasteiger partial charge in [0.15, 0.2) is 0 Å². The number of hydrogen-bond acceptors (Lipinski definition) is 1. The number of thiol groups is 1. The van der Waals surface area contributed by atoms with Gasteiger partial charge in [0.1, 0.15) is 15.7 Å². The highest BCUT2D eigenvalue weighted by molar-refractivity contribution is 7.84. The quantitative estimate of drug-likeness (QED) is 0.638. The number of rotatable bonds is 3. The van der Waals surface area contributed by atoms with Crippen LogP contribution in [0.4, 0.5) is 0 Å². The van der Waals surface area contributed by atoms with Crippen molar-refractivity contribution in [3.63, 3.8) is 0 Å². The molecule has 90 valence electrons. The number of benzene rings is 1. The largest absolute Gasteiger partial charge is 0.147 e. The first-order valence-electron chi connectivity index (χ1n) is 5.61. The molecule has 3 heteroatoms. The predicted molar refractivity (Wildman–Crippen MR) is 71.9 cm³/mol. The van der Waals surface area contributed by atoms with Crippen molar-refractivity contribution in [3.8, 4) is 0 Å². The maximum atomic E-state index is 12.0. The maximum absolute atomic E-state index is 12.0. The molecular weight excluding hydrogens is 218 g/mol. The van der Waals surface area contributed by atoms with Crippen LogP contribution in [0.15, 0.2) is 24.3 Å². The minimum atomic E-state index is -1.39. The van der Waals surface area contributed by atoms with Crippen molar-refractivity contribution in [2.75, 3.05) is 0 Å². The van der Waals surface area contributed by atoms with Crippen molar-refractivity contribution in [1.82, 2.24) is 4.72 Å². The first-order chi connectivity index (χ1) is 7.30. The Hall–Kier alpha value is -0.670. The Labute approximate surface area is 101 Å². The molecule has 0 aliphatic carbocycles. The Bertz CT molecular complexity index is 382. The zero-order valence-corrected chi connectivity index (χ0v) is 11.6. The van der Waals surface area contributed by atoms with Gasteiger partial charge in [-0.1, -0.05) is 34.0 Å². The van der Waals surface area contributed by atoms with Crippen LogP contribution in [0, 0.1) is 6.92 Å². The van der Waals surface area contributed by atoms with E-state index >= 15 is 0 Å². The molecule has 1 unspecified atom stereocenters. The molecule has 0 saturated carbocycles. The van der Waals surface area contributed by atoms with E-state index in [1.54, 1.807) is 0 Å². The fourth-order valence-corrected chi connectivity index (χ4v) is 2.27. The van der Waals surface area contributed by atoms with Crippen molar-refractivity contribution in [2.45, 2.75) is 45.4 Å². The highest BCUT2D eigenvalue weighted by Crippen LogP contribution is 2.17. The van der Waals surface area contributed by atoms with E-state index in [0.717, 1.165) is 0 Å². The topological polar surface area (TPSA) is 29.1 Å². The average molecular weight is 240 g/mol. The van der Waals surface area contributed by atoms with Gasteiger partial charge < -0.3 is 0 Å². The second-order valence-electron chi connectivity index (χ2n) is 5.23.